The number of quaternary nitrogens is 1. The van der Waals surface area contributed by atoms with Gasteiger partial charge in [0.15, 0.2) is 0 Å². The average molecular weight is 282 g/mol. The van der Waals surface area contributed by atoms with Crippen LogP contribution in [0.2, 0.25) is 0 Å². The number of rotatable bonds is 6. The van der Waals surface area contributed by atoms with Gasteiger partial charge in [-0.05, 0) is 57.3 Å². The SMILES string of the molecule is CC[N+](CC)(CC)/N=C(\[O-])[C@@H]1C[C@H](C)CC[C@H]1C(C)C. The van der Waals surface area contributed by atoms with Crippen LogP contribution in [0.15, 0.2) is 5.10 Å². The molecule has 0 amide bonds. The van der Waals surface area contributed by atoms with Crippen LogP contribution in [0, 0.1) is 23.7 Å². The van der Waals surface area contributed by atoms with Crippen molar-refractivity contribution in [3.8, 4) is 0 Å². The van der Waals surface area contributed by atoms with E-state index in [1.807, 2.05) is 0 Å². The highest BCUT2D eigenvalue weighted by Gasteiger charge is 2.32. The van der Waals surface area contributed by atoms with Crippen LogP contribution < -0.4 is 5.11 Å². The van der Waals surface area contributed by atoms with Gasteiger partial charge in [0.2, 0.25) is 0 Å². The zero-order valence-corrected chi connectivity index (χ0v) is 14.4. The summed E-state index contributed by atoms with van der Waals surface area (Å²) in [4.78, 5) is 0. The van der Waals surface area contributed by atoms with Gasteiger partial charge in [-0.1, -0.05) is 27.2 Å². The molecule has 1 fully saturated rings. The smallest absolute Gasteiger partial charge is 0.100 e. The summed E-state index contributed by atoms with van der Waals surface area (Å²) in [5, 5.41) is 17.4. The molecule has 0 aromatic rings. The molecule has 1 aliphatic rings. The van der Waals surface area contributed by atoms with Crippen LogP contribution in [0.3, 0.4) is 0 Å². The molecule has 0 saturated heterocycles. The Balaban J connectivity index is 2.98. The Morgan fingerprint density at radius 2 is 1.70 bits per heavy atom. The average Bonchev–Trinajstić information content (AvgIpc) is 2.44. The molecule has 20 heavy (non-hydrogen) atoms. The molecule has 0 bridgehead atoms. The molecule has 0 spiro atoms. The van der Waals surface area contributed by atoms with E-state index in [1.54, 1.807) is 0 Å². The van der Waals surface area contributed by atoms with Gasteiger partial charge in [-0.25, -0.2) is 0 Å². The minimum atomic E-state index is 0.154. The van der Waals surface area contributed by atoms with Gasteiger partial charge in [-0.3, -0.25) is 0 Å². The highest BCUT2D eigenvalue weighted by atomic mass is 16.3. The van der Waals surface area contributed by atoms with Crippen molar-refractivity contribution in [2.24, 2.45) is 28.8 Å². The predicted molar refractivity (Wildman–Crippen MR) is 84.2 cm³/mol. The van der Waals surface area contributed by atoms with Crippen molar-refractivity contribution < 1.29 is 9.70 Å². The Kier molecular flexibility index (Phi) is 6.50. The predicted octanol–water partition coefficient (Wildman–Crippen LogP) is 3.25. The van der Waals surface area contributed by atoms with Crippen LogP contribution in [-0.4, -0.2) is 30.1 Å². The minimum absolute atomic E-state index is 0.154. The Labute approximate surface area is 125 Å². The van der Waals surface area contributed by atoms with Crippen molar-refractivity contribution in [3.05, 3.63) is 0 Å². The Bertz CT molecular complexity index is 313. The summed E-state index contributed by atoms with van der Waals surface area (Å²) in [6, 6.07) is 0. The van der Waals surface area contributed by atoms with Gasteiger partial charge in [0.25, 0.3) is 0 Å². The first-order valence-corrected chi connectivity index (χ1v) is 8.52. The molecule has 3 nitrogen and oxygen atoms in total. The first-order valence-electron chi connectivity index (χ1n) is 8.52. The number of hydrogen-bond donors (Lipinski definition) is 0. The summed E-state index contributed by atoms with van der Waals surface area (Å²) in [6.45, 7) is 15.9. The van der Waals surface area contributed by atoms with Crippen molar-refractivity contribution >= 4 is 5.90 Å². The highest BCUT2D eigenvalue weighted by Crippen LogP contribution is 2.38. The molecular weight excluding hydrogens is 248 g/mol. The van der Waals surface area contributed by atoms with Crippen LogP contribution in [0.5, 0.6) is 0 Å². The summed E-state index contributed by atoms with van der Waals surface area (Å²) in [7, 11) is 0. The number of hydrogen-bond acceptors (Lipinski definition) is 2. The Hall–Kier alpha value is -0.570. The molecule has 0 aliphatic heterocycles. The molecule has 1 aliphatic carbocycles. The molecule has 1 saturated carbocycles. The zero-order valence-electron chi connectivity index (χ0n) is 14.4. The van der Waals surface area contributed by atoms with Crippen LogP contribution in [0.25, 0.3) is 0 Å². The molecule has 3 heteroatoms. The van der Waals surface area contributed by atoms with Crippen molar-refractivity contribution in [2.45, 2.75) is 60.8 Å². The van der Waals surface area contributed by atoms with E-state index in [-0.39, 0.29) is 11.8 Å². The van der Waals surface area contributed by atoms with Crippen LogP contribution >= 0.6 is 0 Å². The molecule has 1 rings (SSSR count). The quantitative estimate of drug-likeness (QED) is 0.319. The van der Waals surface area contributed by atoms with Crippen LogP contribution in [0.4, 0.5) is 0 Å². The summed E-state index contributed by atoms with van der Waals surface area (Å²) in [5.41, 5.74) is 0. The van der Waals surface area contributed by atoms with Crippen molar-refractivity contribution in [1.82, 2.24) is 0 Å². The molecular formula is C17H34N2O. The topological polar surface area (TPSA) is 35.4 Å². The lowest BCUT2D eigenvalue weighted by atomic mass is 9.70. The highest BCUT2D eigenvalue weighted by molar-refractivity contribution is 5.74. The van der Waals surface area contributed by atoms with Crippen molar-refractivity contribution in [1.29, 1.82) is 0 Å². The van der Waals surface area contributed by atoms with E-state index < -0.39 is 0 Å². The van der Waals surface area contributed by atoms with E-state index >= 15 is 0 Å². The zero-order chi connectivity index (χ0) is 15.3. The van der Waals surface area contributed by atoms with Gasteiger partial charge in [-0.2, -0.15) is 4.59 Å². The fourth-order valence-corrected chi connectivity index (χ4v) is 3.65. The second-order valence-electron chi connectivity index (χ2n) is 6.91. The fourth-order valence-electron chi connectivity index (χ4n) is 3.65. The van der Waals surface area contributed by atoms with E-state index in [0.717, 1.165) is 26.1 Å². The summed E-state index contributed by atoms with van der Waals surface area (Å²) in [5.74, 6) is 2.09. The lowest BCUT2D eigenvalue weighted by Gasteiger charge is -2.41. The lowest BCUT2D eigenvalue weighted by Crippen LogP contribution is -2.48. The maximum Gasteiger partial charge on any atom is 0.100 e. The van der Waals surface area contributed by atoms with Crippen molar-refractivity contribution in [2.75, 3.05) is 19.6 Å². The first kappa shape index (κ1) is 17.5. The van der Waals surface area contributed by atoms with E-state index in [2.05, 4.69) is 46.6 Å². The molecule has 0 heterocycles. The van der Waals surface area contributed by atoms with Gasteiger partial charge >= 0.3 is 0 Å². The monoisotopic (exact) mass is 282 g/mol. The van der Waals surface area contributed by atoms with Gasteiger partial charge in [0.1, 0.15) is 19.6 Å². The third-order valence-corrected chi connectivity index (χ3v) is 5.42. The Morgan fingerprint density at radius 3 is 2.15 bits per heavy atom. The summed E-state index contributed by atoms with van der Waals surface area (Å²) in [6.07, 6.45) is 3.49. The number of nitrogens with zero attached hydrogens (tertiary/aromatic N) is 2. The van der Waals surface area contributed by atoms with Gasteiger partial charge < -0.3 is 5.11 Å². The molecule has 0 N–H and O–H groups in total. The van der Waals surface area contributed by atoms with Crippen molar-refractivity contribution in [3.63, 3.8) is 0 Å². The summed E-state index contributed by atoms with van der Waals surface area (Å²) >= 11 is 0. The molecule has 118 valence electrons. The van der Waals surface area contributed by atoms with Gasteiger partial charge in [0.05, 0.1) is 0 Å². The van der Waals surface area contributed by atoms with Crippen LogP contribution in [-0.2, 0) is 0 Å². The van der Waals surface area contributed by atoms with E-state index in [1.165, 1.54) is 12.8 Å². The van der Waals surface area contributed by atoms with E-state index in [0.29, 0.717) is 22.3 Å². The Morgan fingerprint density at radius 1 is 1.15 bits per heavy atom. The second-order valence-corrected chi connectivity index (χ2v) is 6.91. The molecule has 0 unspecified atom stereocenters. The van der Waals surface area contributed by atoms with Gasteiger partial charge in [-0.15, -0.1) is 5.10 Å². The maximum absolute atomic E-state index is 12.8. The standard InChI is InChI=1S/C17H34N2O/c1-7-19(8-2,9-3)18-17(20)16-12-14(6)10-11-15(16)13(4)5/h13-16H,7-12H2,1-6H3/t14-,15+,16-/m1/s1. The molecule has 0 aromatic carbocycles. The normalized spacial score (nSPS) is 28.9. The van der Waals surface area contributed by atoms with Gasteiger partial charge in [0, 0.05) is 5.90 Å². The molecule has 0 radical (unpaired) electrons. The van der Waals surface area contributed by atoms with Crippen LogP contribution in [0.1, 0.15) is 60.8 Å². The second kappa shape index (κ2) is 7.44. The summed E-state index contributed by atoms with van der Waals surface area (Å²) < 4.78 is 0.592. The third kappa shape index (κ3) is 3.97. The lowest BCUT2D eigenvalue weighted by molar-refractivity contribution is -0.931. The molecule has 3 atom stereocenters. The minimum Gasteiger partial charge on any atom is -0.858 e. The largest absolute Gasteiger partial charge is 0.858 e. The first-order chi connectivity index (χ1) is 9.39. The van der Waals surface area contributed by atoms with E-state index in [9.17, 15) is 5.11 Å². The maximum atomic E-state index is 12.8. The van der Waals surface area contributed by atoms with E-state index in [4.69, 9.17) is 0 Å². The third-order valence-electron chi connectivity index (χ3n) is 5.42. The fraction of sp³-hybridized carbons (Fsp3) is 0.941. The molecule has 0 aromatic heterocycles.